The van der Waals surface area contributed by atoms with Gasteiger partial charge in [-0.3, -0.25) is 0 Å². The molecule has 0 aliphatic rings. The van der Waals surface area contributed by atoms with Gasteiger partial charge in [0.2, 0.25) is 0 Å². The summed E-state index contributed by atoms with van der Waals surface area (Å²) in [7, 11) is 3.34. The third-order valence-electron chi connectivity index (χ3n) is 2.50. The van der Waals surface area contributed by atoms with E-state index in [0.29, 0.717) is 19.8 Å². The molecular formula is C10H20N4O2. The minimum absolute atomic E-state index is 0.234. The van der Waals surface area contributed by atoms with Gasteiger partial charge in [0.15, 0.2) is 0 Å². The summed E-state index contributed by atoms with van der Waals surface area (Å²) in [5.41, 5.74) is 7.35. The second kappa shape index (κ2) is 6.57. The first kappa shape index (κ1) is 13.1. The molecule has 0 bridgehead atoms. The van der Waals surface area contributed by atoms with Gasteiger partial charge >= 0.3 is 0 Å². The fraction of sp³-hybridized carbons (Fsp3) is 0.800. The molecule has 1 aromatic heterocycles. The largest absolute Gasteiger partial charge is 0.385 e. The van der Waals surface area contributed by atoms with E-state index in [-0.39, 0.29) is 6.04 Å². The Morgan fingerprint density at radius 2 is 2.12 bits per heavy atom. The summed E-state index contributed by atoms with van der Waals surface area (Å²) in [6.07, 6.45) is 0.889. The van der Waals surface area contributed by atoms with Gasteiger partial charge in [-0.05, 0) is 13.3 Å². The summed E-state index contributed by atoms with van der Waals surface area (Å²) in [6, 6.07) is 0.234. The van der Waals surface area contributed by atoms with Crippen LogP contribution in [0.2, 0.25) is 0 Å². The molecule has 0 aliphatic heterocycles. The number of nitrogens with two attached hydrogens (primary N) is 1. The molecule has 0 fully saturated rings. The first-order chi connectivity index (χ1) is 7.74. The van der Waals surface area contributed by atoms with Gasteiger partial charge in [0.05, 0.1) is 18.3 Å². The molecule has 1 unspecified atom stereocenters. The Morgan fingerprint density at radius 1 is 1.38 bits per heavy atom. The molecule has 0 aromatic carbocycles. The van der Waals surface area contributed by atoms with E-state index in [9.17, 15) is 0 Å². The molecule has 1 atom stereocenters. The zero-order valence-corrected chi connectivity index (χ0v) is 10.1. The number of rotatable bonds is 7. The predicted molar refractivity (Wildman–Crippen MR) is 59.8 cm³/mol. The van der Waals surface area contributed by atoms with Crippen molar-refractivity contribution in [3.05, 3.63) is 11.4 Å². The summed E-state index contributed by atoms with van der Waals surface area (Å²) in [5.74, 6) is 0. The summed E-state index contributed by atoms with van der Waals surface area (Å²) in [5, 5.41) is 8.16. The Bertz CT molecular complexity index is 314. The van der Waals surface area contributed by atoms with Gasteiger partial charge in [-0.25, -0.2) is 4.68 Å². The maximum atomic E-state index is 5.60. The van der Waals surface area contributed by atoms with E-state index < -0.39 is 0 Å². The average molecular weight is 228 g/mol. The lowest BCUT2D eigenvalue weighted by Crippen LogP contribution is -2.14. The van der Waals surface area contributed by atoms with Crippen molar-refractivity contribution in [2.24, 2.45) is 5.73 Å². The van der Waals surface area contributed by atoms with Gasteiger partial charge in [-0.15, -0.1) is 5.10 Å². The van der Waals surface area contributed by atoms with E-state index in [0.717, 1.165) is 17.8 Å². The highest BCUT2D eigenvalue weighted by Gasteiger charge is 2.15. The van der Waals surface area contributed by atoms with Crippen molar-refractivity contribution in [3.8, 4) is 0 Å². The number of hydrogen-bond acceptors (Lipinski definition) is 5. The van der Waals surface area contributed by atoms with Crippen molar-refractivity contribution >= 4 is 0 Å². The van der Waals surface area contributed by atoms with E-state index in [4.69, 9.17) is 15.2 Å². The molecule has 16 heavy (non-hydrogen) atoms. The highest BCUT2D eigenvalue weighted by Crippen LogP contribution is 2.15. The minimum atomic E-state index is 0.234. The van der Waals surface area contributed by atoms with E-state index >= 15 is 0 Å². The molecule has 6 nitrogen and oxygen atoms in total. The Kier molecular flexibility index (Phi) is 5.37. The lowest BCUT2D eigenvalue weighted by atomic mass is 10.2. The smallest absolute Gasteiger partial charge is 0.102 e. The first-order valence-electron chi connectivity index (χ1n) is 5.35. The van der Waals surface area contributed by atoms with E-state index in [1.54, 1.807) is 14.2 Å². The standard InChI is InChI=1S/C10H20N4O2/c1-8(4-5-15-2)14-10(7-16-3)9(6-11)12-13-14/h8H,4-7,11H2,1-3H3. The van der Waals surface area contributed by atoms with Crippen molar-refractivity contribution in [2.45, 2.75) is 32.5 Å². The zero-order valence-electron chi connectivity index (χ0n) is 10.1. The summed E-state index contributed by atoms with van der Waals surface area (Å²) in [6.45, 7) is 3.64. The number of aromatic nitrogens is 3. The van der Waals surface area contributed by atoms with Crippen molar-refractivity contribution in [3.63, 3.8) is 0 Å². The summed E-state index contributed by atoms with van der Waals surface area (Å²) >= 11 is 0. The quantitative estimate of drug-likeness (QED) is 0.734. The molecule has 6 heteroatoms. The van der Waals surface area contributed by atoms with E-state index in [1.807, 2.05) is 4.68 Å². The number of ether oxygens (including phenoxy) is 2. The normalized spacial score (nSPS) is 13.0. The van der Waals surface area contributed by atoms with Crippen molar-refractivity contribution < 1.29 is 9.47 Å². The van der Waals surface area contributed by atoms with Gasteiger partial charge in [0.25, 0.3) is 0 Å². The molecule has 0 amide bonds. The second-order valence-corrected chi connectivity index (χ2v) is 3.70. The molecule has 2 N–H and O–H groups in total. The SMILES string of the molecule is COCCC(C)n1nnc(CN)c1COC. The molecule has 0 saturated carbocycles. The number of methoxy groups -OCH3 is 2. The molecular weight excluding hydrogens is 208 g/mol. The number of nitrogens with zero attached hydrogens (tertiary/aromatic N) is 3. The molecule has 0 spiro atoms. The molecule has 0 radical (unpaired) electrons. The Hall–Kier alpha value is -0.980. The third-order valence-corrected chi connectivity index (χ3v) is 2.50. The van der Waals surface area contributed by atoms with Gasteiger partial charge in [-0.1, -0.05) is 5.21 Å². The monoisotopic (exact) mass is 228 g/mol. The van der Waals surface area contributed by atoms with Crippen LogP contribution in [0.3, 0.4) is 0 Å². The topological polar surface area (TPSA) is 75.2 Å². The Balaban J connectivity index is 2.81. The maximum Gasteiger partial charge on any atom is 0.102 e. The van der Waals surface area contributed by atoms with Crippen LogP contribution in [0.15, 0.2) is 0 Å². The molecule has 92 valence electrons. The first-order valence-corrected chi connectivity index (χ1v) is 5.35. The number of hydrogen-bond donors (Lipinski definition) is 1. The third kappa shape index (κ3) is 3.01. The molecule has 0 saturated heterocycles. The average Bonchev–Trinajstić information content (AvgIpc) is 2.69. The van der Waals surface area contributed by atoms with Crippen LogP contribution in [0.4, 0.5) is 0 Å². The van der Waals surface area contributed by atoms with Crippen LogP contribution < -0.4 is 5.73 Å². The van der Waals surface area contributed by atoms with Crippen LogP contribution in [0.1, 0.15) is 30.8 Å². The molecule has 1 heterocycles. The van der Waals surface area contributed by atoms with E-state index in [2.05, 4.69) is 17.2 Å². The van der Waals surface area contributed by atoms with Crippen LogP contribution in [-0.2, 0) is 22.6 Å². The molecule has 1 aromatic rings. The molecule has 0 aliphatic carbocycles. The van der Waals surface area contributed by atoms with Crippen LogP contribution >= 0.6 is 0 Å². The highest BCUT2D eigenvalue weighted by atomic mass is 16.5. The van der Waals surface area contributed by atoms with Gasteiger partial charge in [-0.2, -0.15) is 0 Å². The van der Waals surface area contributed by atoms with Crippen molar-refractivity contribution in [1.82, 2.24) is 15.0 Å². The second-order valence-electron chi connectivity index (χ2n) is 3.70. The van der Waals surface area contributed by atoms with Gasteiger partial charge < -0.3 is 15.2 Å². The molecule has 1 rings (SSSR count). The van der Waals surface area contributed by atoms with Crippen LogP contribution in [-0.4, -0.2) is 35.8 Å². The lowest BCUT2D eigenvalue weighted by molar-refractivity contribution is 0.161. The fourth-order valence-electron chi connectivity index (χ4n) is 1.56. The fourth-order valence-corrected chi connectivity index (χ4v) is 1.56. The van der Waals surface area contributed by atoms with Crippen molar-refractivity contribution in [1.29, 1.82) is 0 Å². The van der Waals surface area contributed by atoms with E-state index in [1.165, 1.54) is 0 Å². The highest BCUT2D eigenvalue weighted by molar-refractivity contribution is 5.09. The Morgan fingerprint density at radius 3 is 2.69 bits per heavy atom. The lowest BCUT2D eigenvalue weighted by Gasteiger charge is -2.14. The summed E-state index contributed by atoms with van der Waals surface area (Å²) in [4.78, 5) is 0. The Labute approximate surface area is 95.7 Å². The van der Waals surface area contributed by atoms with Crippen LogP contribution in [0.25, 0.3) is 0 Å². The van der Waals surface area contributed by atoms with Gasteiger partial charge in [0.1, 0.15) is 5.69 Å². The summed E-state index contributed by atoms with van der Waals surface area (Å²) < 4.78 is 12.1. The minimum Gasteiger partial charge on any atom is -0.385 e. The van der Waals surface area contributed by atoms with Crippen LogP contribution in [0.5, 0.6) is 0 Å². The van der Waals surface area contributed by atoms with Crippen LogP contribution in [0, 0.1) is 0 Å². The van der Waals surface area contributed by atoms with Crippen molar-refractivity contribution in [2.75, 3.05) is 20.8 Å². The maximum absolute atomic E-state index is 5.60. The zero-order chi connectivity index (χ0) is 12.0. The predicted octanol–water partition coefficient (Wildman–Crippen LogP) is 0.481. The van der Waals surface area contributed by atoms with Gasteiger partial charge in [0, 0.05) is 27.4 Å².